The van der Waals surface area contributed by atoms with Crippen LogP contribution in [0.3, 0.4) is 0 Å². The summed E-state index contributed by atoms with van der Waals surface area (Å²) in [5, 5.41) is 5.18. The minimum absolute atomic E-state index is 0.207. The number of hydrogen-bond donors (Lipinski definition) is 2. The summed E-state index contributed by atoms with van der Waals surface area (Å²) in [5.74, 6) is 5.38. The molecule has 4 rings (SSSR count). The summed E-state index contributed by atoms with van der Waals surface area (Å²) in [4.78, 5) is 40.1. The largest absolute Gasteiger partial charge is 0.497 e. The lowest BCUT2D eigenvalue weighted by molar-refractivity contribution is -0.125. The summed E-state index contributed by atoms with van der Waals surface area (Å²) in [6.45, 7) is 0. The van der Waals surface area contributed by atoms with Gasteiger partial charge in [0.05, 0.1) is 13.0 Å². The molecule has 2 heterocycles. The second-order valence-corrected chi connectivity index (χ2v) is 7.58. The van der Waals surface area contributed by atoms with E-state index in [2.05, 4.69) is 27.5 Å². The Hall–Kier alpha value is -4.44. The summed E-state index contributed by atoms with van der Waals surface area (Å²) in [6, 6.07) is 17.8. The predicted octanol–water partition coefficient (Wildman–Crippen LogP) is 2.95. The summed E-state index contributed by atoms with van der Waals surface area (Å²) >= 11 is 0. The lowest BCUT2D eigenvalue weighted by Gasteiger charge is -2.10. The fourth-order valence-corrected chi connectivity index (χ4v) is 3.48. The van der Waals surface area contributed by atoms with Crippen LogP contribution >= 0.6 is 0 Å². The highest BCUT2D eigenvalue weighted by atomic mass is 16.5. The molecule has 1 aromatic heterocycles. The molecule has 3 aromatic rings. The molecule has 0 bridgehead atoms. The standard InChI is InChI=1S/C26H21N3O4/c1-33-23-14-18(7-8-21-4-2-3-11-27-21)13-19(15-23)25(31)28-22-9-5-17(6-10-22)12-20-16-24(30)29-26(20)32/h2-6,9-11,13-15,20H,12,16H2,1H3,(H,28,31)(H,29,30,32). The van der Waals surface area contributed by atoms with Gasteiger partial charge >= 0.3 is 0 Å². The van der Waals surface area contributed by atoms with Crippen LogP contribution in [0.15, 0.2) is 66.9 Å². The maximum atomic E-state index is 12.8. The molecule has 1 atom stereocenters. The Kier molecular flexibility index (Phi) is 6.46. The van der Waals surface area contributed by atoms with Crippen molar-refractivity contribution in [3.8, 4) is 17.6 Å². The van der Waals surface area contributed by atoms with Crippen LogP contribution in [0.1, 0.15) is 33.6 Å². The van der Waals surface area contributed by atoms with Crippen molar-refractivity contribution >= 4 is 23.4 Å². The number of pyridine rings is 1. The number of carbonyl (C=O) groups excluding carboxylic acids is 3. The Morgan fingerprint density at radius 1 is 1.12 bits per heavy atom. The topological polar surface area (TPSA) is 97.4 Å². The predicted molar refractivity (Wildman–Crippen MR) is 123 cm³/mol. The first-order valence-electron chi connectivity index (χ1n) is 10.4. The zero-order valence-corrected chi connectivity index (χ0v) is 17.9. The highest BCUT2D eigenvalue weighted by Crippen LogP contribution is 2.21. The van der Waals surface area contributed by atoms with Crippen LogP contribution in [0.4, 0.5) is 5.69 Å². The van der Waals surface area contributed by atoms with E-state index in [4.69, 9.17) is 4.74 Å². The van der Waals surface area contributed by atoms with Gasteiger partial charge in [0.1, 0.15) is 11.4 Å². The third kappa shape index (κ3) is 5.63. The molecule has 1 unspecified atom stereocenters. The number of nitrogens with one attached hydrogen (secondary N) is 2. The molecule has 1 saturated heterocycles. The Morgan fingerprint density at radius 3 is 2.61 bits per heavy atom. The van der Waals surface area contributed by atoms with Crippen LogP contribution in [0.25, 0.3) is 0 Å². The summed E-state index contributed by atoms with van der Waals surface area (Å²) < 4.78 is 5.32. The van der Waals surface area contributed by atoms with Gasteiger partial charge in [-0.15, -0.1) is 0 Å². The number of ether oxygens (including phenoxy) is 1. The molecule has 0 aliphatic carbocycles. The number of methoxy groups -OCH3 is 1. The molecular formula is C26H21N3O4. The Morgan fingerprint density at radius 2 is 1.94 bits per heavy atom. The highest BCUT2D eigenvalue weighted by molar-refractivity contribution is 6.05. The van der Waals surface area contributed by atoms with E-state index in [0.717, 1.165) is 5.56 Å². The number of hydrogen-bond acceptors (Lipinski definition) is 5. The average Bonchev–Trinajstić information content (AvgIpc) is 3.15. The van der Waals surface area contributed by atoms with Gasteiger partial charge in [0, 0.05) is 29.4 Å². The molecule has 2 aromatic carbocycles. The molecule has 7 nitrogen and oxygen atoms in total. The van der Waals surface area contributed by atoms with Crippen molar-refractivity contribution in [2.24, 2.45) is 5.92 Å². The normalized spacial score (nSPS) is 14.8. The van der Waals surface area contributed by atoms with Gasteiger partial charge in [-0.3, -0.25) is 19.7 Å². The van der Waals surface area contributed by atoms with Gasteiger partial charge in [-0.1, -0.05) is 24.1 Å². The molecular weight excluding hydrogens is 418 g/mol. The highest BCUT2D eigenvalue weighted by Gasteiger charge is 2.30. The molecule has 1 aliphatic heterocycles. The van der Waals surface area contributed by atoms with Crippen molar-refractivity contribution in [3.63, 3.8) is 0 Å². The van der Waals surface area contributed by atoms with Gasteiger partial charge in [-0.25, -0.2) is 4.98 Å². The Balaban J connectivity index is 1.46. The zero-order chi connectivity index (χ0) is 23.2. The third-order valence-electron chi connectivity index (χ3n) is 5.16. The number of imide groups is 1. The van der Waals surface area contributed by atoms with Gasteiger partial charge in [0.15, 0.2) is 0 Å². The maximum Gasteiger partial charge on any atom is 0.255 e. The minimum atomic E-state index is -0.347. The van der Waals surface area contributed by atoms with Crippen molar-refractivity contribution in [2.75, 3.05) is 12.4 Å². The van der Waals surface area contributed by atoms with Crippen LogP contribution in [-0.2, 0) is 16.0 Å². The number of nitrogens with zero attached hydrogens (tertiary/aromatic N) is 1. The van der Waals surface area contributed by atoms with E-state index in [0.29, 0.717) is 34.7 Å². The molecule has 2 N–H and O–H groups in total. The van der Waals surface area contributed by atoms with E-state index in [1.165, 1.54) is 7.11 Å². The second-order valence-electron chi connectivity index (χ2n) is 7.58. The number of aromatic nitrogens is 1. The number of benzene rings is 2. The van der Waals surface area contributed by atoms with Crippen LogP contribution < -0.4 is 15.4 Å². The molecule has 164 valence electrons. The van der Waals surface area contributed by atoms with Crippen molar-refractivity contribution < 1.29 is 19.1 Å². The van der Waals surface area contributed by atoms with Crippen LogP contribution in [0, 0.1) is 17.8 Å². The van der Waals surface area contributed by atoms with Crippen molar-refractivity contribution in [1.29, 1.82) is 0 Å². The fourth-order valence-electron chi connectivity index (χ4n) is 3.48. The summed E-state index contributed by atoms with van der Waals surface area (Å²) in [5.41, 5.74) is 3.19. The Labute approximate surface area is 191 Å². The minimum Gasteiger partial charge on any atom is -0.497 e. The quantitative estimate of drug-likeness (QED) is 0.471. The lowest BCUT2D eigenvalue weighted by atomic mass is 9.98. The molecule has 7 heteroatoms. The van der Waals surface area contributed by atoms with E-state index in [-0.39, 0.29) is 30.1 Å². The summed E-state index contributed by atoms with van der Waals surface area (Å²) in [6.07, 6.45) is 2.35. The zero-order valence-electron chi connectivity index (χ0n) is 17.9. The van der Waals surface area contributed by atoms with E-state index in [1.54, 1.807) is 42.6 Å². The SMILES string of the molecule is COc1cc(C#Cc2ccccn2)cc(C(=O)Nc2ccc(CC3CC(=O)NC3=O)cc2)c1. The molecule has 3 amide bonds. The molecule has 0 radical (unpaired) electrons. The van der Waals surface area contributed by atoms with E-state index >= 15 is 0 Å². The van der Waals surface area contributed by atoms with Gasteiger partial charge in [0.2, 0.25) is 11.8 Å². The second kappa shape index (κ2) is 9.79. The number of anilines is 1. The Bertz CT molecular complexity index is 1260. The van der Waals surface area contributed by atoms with Crippen LogP contribution in [0.5, 0.6) is 5.75 Å². The first-order valence-corrected chi connectivity index (χ1v) is 10.4. The average molecular weight is 439 g/mol. The van der Waals surface area contributed by atoms with Crippen molar-refractivity contribution in [2.45, 2.75) is 12.8 Å². The van der Waals surface area contributed by atoms with Gasteiger partial charge in [-0.05, 0) is 60.4 Å². The van der Waals surface area contributed by atoms with Crippen LogP contribution in [0.2, 0.25) is 0 Å². The fraction of sp³-hybridized carbons (Fsp3) is 0.154. The number of carbonyl (C=O) groups is 3. The summed E-state index contributed by atoms with van der Waals surface area (Å²) in [7, 11) is 1.53. The van der Waals surface area contributed by atoms with Gasteiger partial charge in [0.25, 0.3) is 5.91 Å². The van der Waals surface area contributed by atoms with Crippen LogP contribution in [-0.4, -0.2) is 29.8 Å². The van der Waals surface area contributed by atoms with E-state index in [9.17, 15) is 14.4 Å². The first kappa shape index (κ1) is 21.8. The van der Waals surface area contributed by atoms with Crippen molar-refractivity contribution in [3.05, 3.63) is 89.2 Å². The maximum absolute atomic E-state index is 12.8. The van der Waals surface area contributed by atoms with Crippen molar-refractivity contribution in [1.82, 2.24) is 10.3 Å². The molecule has 33 heavy (non-hydrogen) atoms. The van der Waals surface area contributed by atoms with E-state index < -0.39 is 0 Å². The lowest BCUT2D eigenvalue weighted by Crippen LogP contribution is -2.22. The molecule has 1 fully saturated rings. The van der Waals surface area contributed by atoms with E-state index in [1.807, 2.05) is 24.3 Å². The molecule has 0 spiro atoms. The smallest absolute Gasteiger partial charge is 0.255 e. The first-order chi connectivity index (χ1) is 16.0. The van der Waals surface area contributed by atoms with Gasteiger partial charge < -0.3 is 10.1 Å². The molecule has 1 aliphatic rings. The van der Waals surface area contributed by atoms with Gasteiger partial charge in [-0.2, -0.15) is 0 Å². The number of amides is 3. The monoisotopic (exact) mass is 439 g/mol. The third-order valence-corrected chi connectivity index (χ3v) is 5.16. The number of rotatable bonds is 5. The molecule has 0 saturated carbocycles.